The quantitative estimate of drug-likeness (QED) is 0.646. The molecule has 0 saturated heterocycles. The van der Waals surface area contributed by atoms with Crippen LogP contribution in [0.4, 0.5) is 0 Å². The van der Waals surface area contributed by atoms with Crippen molar-refractivity contribution in [1.82, 2.24) is 0 Å². The van der Waals surface area contributed by atoms with Crippen LogP contribution in [0.1, 0.15) is 31.7 Å². The van der Waals surface area contributed by atoms with Gasteiger partial charge in [-0.2, -0.15) is 0 Å². The van der Waals surface area contributed by atoms with Gasteiger partial charge in [-0.1, -0.05) is 43.1 Å². The van der Waals surface area contributed by atoms with Gasteiger partial charge in [-0.3, -0.25) is 0 Å². The number of halogens is 2. The molecule has 1 aliphatic rings. The van der Waals surface area contributed by atoms with Crippen LogP contribution in [0.2, 0.25) is 10.0 Å². The fourth-order valence-corrected chi connectivity index (χ4v) is 2.07. The highest BCUT2D eigenvalue weighted by atomic mass is 35.5. The lowest BCUT2D eigenvalue weighted by Gasteiger charge is -2.04. The second-order valence-corrected chi connectivity index (χ2v) is 5.23. The van der Waals surface area contributed by atoms with E-state index in [4.69, 9.17) is 23.2 Å². The second kappa shape index (κ2) is 2.90. The molecule has 0 heterocycles. The number of benzene rings is 1. The molecule has 70 valence electrons. The van der Waals surface area contributed by atoms with E-state index in [2.05, 4.69) is 19.9 Å². The molecule has 1 atom stereocenters. The summed E-state index contributed by atoms with van der Waals surface area (Å²) in [6, 6.07) is 5.95. The molecule has 1 aliphatic carbocycles. The molecule has 0 unspecified atom stereocenters. The van der Waals surface area contributed by atoms with Crippen LogP contribution in [-0.4, -0.2) is 0 Å². The van der Waals surface area contributed by atoms with Crippen LogP contribution in [0.5, 0.6) is 0 Å². The zero-order chi connectivity index (χ0) is 9.64. The van der Waals surface area contributed by atoms with Crippen molar-refractivity contribution < 1.29 is 0 Å². The number of rotatable bonds is 1. The molecule has 0 N–H and O–H groups in total. The smallest absolute Gasteiger partial charge is 0.0595 e. The third kappa shape index (κ3) is 1.70. The van der Waals surface area contributed by atoms with Gasteiger partial charge in [0.1, 0.15) is 0 Å². The van der Waals surface area contributed by atoms with Gasteiger partial charge in [0.15, 0.2) is 0 Å². The van der Waals surface area contributed by atoms with Gasteiger partial charge in [0.2, 0.25) is 0 Å². The first kappa shape index (κ1) is 9.36. The van der Waals surface area contributed by atoms with E-state index in [1.165, 1.54) is 12.0 Å². The summed E-state index contributed by atoms with van der Waals surface area (Å²) in [4.78, 5) is 0. The van der Waals surface area contributed by atoms with E-state index >= 15 is 0 Å². The normalized spacial score (nSPS) is 24.5. The maximum atomic E-state index is 5.95. The maximum Gasteiger partial charge on any atom is 0.0595 e. The predicted molar refractivity (Wildman–Crippen MR) is 57.6 cm³/mol. The molecule has 1 aromatic carbocycles. The maximum absolute atomic E-state index is 5.95. The minimum Gasteiger partial charge on any atom is -0.0827 e. The first-order chi connectivity index (χ1) is 6.00. The topological polar surface area (TPSA) is 0 Å². The highest BCUT2D eigenvalue weighted by Gasteiger charge is 2.46. The van der Waals surface area contributed by atoms with E-state index in [1.807, 2.05) is 12.1 Å². The van der Waals surface area contributed by atoms with Crippen molar-refractivity contribution >= 4 is 23.2 Å². The minimum absolute atomic E-state index is 0.456. The van der Waals surface area contributed by atoms with Gasteiger partial charge in [0.05, 0.1) is 10.0 Å². The molecule has 0 spiro atoms. The van der Waals surface area contributed by atoms with E-state index < -0.39 is 0 Å². The highest BCUT2D eigenvalue weighted by molar-refractivity contribution is 6.42. The van der Waals surface area contributed by atoms with Crippen molar-refractivity contribution in [2.75, 3.05) is 0 Å². The molecule has 0 amide bonds. The van der Waals surface area contributed by atoms with Gasteiger partial charge in [0, 0.05) is 0 Å². The largest absolute Gasteiger partial charge is 0.0827 e. The predicted octanol–water partition coefficient (Wildman–Crippen LogP) is 4.51. The zero-order valence-electron chi connectivity index (χ0n) is 7.77. The third-order valence-electron chi connectivity index (χ3n) is 2.86. The van der Waals surface area contributed by atoms with Gasteiger partial charge in [0.25, 0.3) is 0 Å². The van der Waals surface area contributed by atoms with Crippen molar-refractivity contribution in [3.8, 4) is 0 Å². The molecule has 2 heteroatoms. The average Bonchev–Trinajstić information content (AvgIpc) is 2.66. The average molecular weight is 215 g/mol. The second-order valence-electron chi connectivity index (χ2n) is 4.42. The lowest BCUT2D eigenvalue weighted by atomic mass is 10.0. The molecule has 1 saturated carbocycles. The molecular formula is C11H12Cl2. The molecule has 0 aromatic heterocycles. The molecule has 2 rings (SSSR count). The Morgan fingerprint density at radius 2 is 1.85 bits per heavy atom. The summed E-state index contributed by atoms with van der Waals surface area (Å²) in [5, 5.41) is 1.31. The fraction of sp³-hybridized carbons (Fsp3) is 0.455. The molecule has 0 radical (unpaired) electrons. The van der Waals surface area contributed by atoms with Gasteiger partial charge >= 0.3 is 0 Å². The van der Waals surface area contributed by atoms with Crippen LogP contribution in [0.25, 0.3) is 0 Å². The number of hydrogen-bond donors (Lipinski definition) is 0. The van der Waals surface area contributed by atoms with Crippen LogP contribution in [0, 0.1) is 5.41 Å². The van der Waals surface area contributed by atoms with Crippen molar-refractivity contribution in [1.29, 1.82) is 0 Å². The molecule has 0 bridgehead atoms. The van der Waals surface area contributed by atoms with Gasteiger partial charge in [-0.25, -0.2) is 0 Å². The minimum atomic E-state index is 0.456. The molecule has 13 heavy (non-hydrogen) atoms. The molecule has 0 nitrogen and oxygen atoms in total. The van der Waals surface area contributed by atoms with E-state index in [9.17, 15) is 0 Å². The van der Waals surface area contributed by atoms with Gasteiger partial charge in [-0.05, 0) is 35.4 Å². The lowest BCUT2D eigenvalue weighted by molar-refractivity contribution is 0.622. The van der Waals surface area contributed by atoms with Crippen molar-refractivity contribution in [2.24, 2.45) is 5.41 Å². The standard InChI is InChI=1S/C11H12Cl2/c1-11(2)6-8(11)7-3-4-9(12)10(13)5-7/h3-5,8H,6H2,1-2H3/t8-/m0/s1. The number of hydrogen-bond acceptors (Lipinski definition) is 0. The molecule has 0 aliphatic heterocycles. The molecule has 1 fully saturated rings. The Morgan fingerprint density at radius 1 is 1.23 bits per heavy atom. The Bertz CT molecular complexity index is 342. The van der Waals surface area contributed by atoms with Crippen LogP contribution < -0.4 is 0 Å². The van der Waals surface area contributed by atoms with E-state index in [0.717, 1.165) is 0 Å². The summed E-state index contributed by atoms with van der Waals surface area (Å²) < 4.78 is 0. The van der Waals surface area contributed by atoms with Crippen molar-refractivity contribution in [2.45, 2.75) is 26.2 Å². The molecular weight excluding hydrogens is 203 g/mol. The lowest BCUT2D eigenvalue weighted by Crippen LogP contribution is -1.89. The third-order valence-corrected chi connectivity index (χ3v) is 3.60. The SMILES string of the molecule is CC1(C)C[C@H]1c1ccc(Cl)c(Cl)c1. The Balaban J connectivity index is 2.29. The Labute approximate surface area is 88.9 Å². The summed E-state index contributed by atoms with van der Waals surface area (Å²) in [5.41, 5.74) is 1.77. The van der Waals surface area contributed by atoms with E-state index in [-0.39, 0.29) is 0 Å². The highest BCUT2D eigenvalue weighted by Crippen LogP contribution is 2.58. The summed E-state index contributed by atoms with van der Waals surface area (Å²) in [6.07, 6.45) is 1.25. The first-order valence-electron chi connectivity index (χ1n) is 4.46. The first-order valence-corrected chi connectivity index (χ1v) is 5.21. The van der Waals surface area contributed by atoms with E-state index in [1.54, 1.807) is 0 Å². The fourth-order valence-electron chi connectivity index (χ4n) is 1.77. The van der Waals surface area contributed by atoms with Crippen molar-refractivity contribution in [3.63, 3.8) is 0 Å². The summed E-state index contributed by atoms with van der Waals surface area (Å²) in [7, 11) is 0. The van der Waals surface area contributed by atoms with E-state index in [0.29, 0.717) is 21.4 Å². The summed E-state index contributed by atoms with van der Waals surface area (Å²) in [5.74, 6) is 0.669. The Morgan fingerprint density at radius 3 is 2.31 bits per heavy atom. The van der Waals surface area contributed by atoms with Crippen molar-refractivity contribution in [3.05, 3.63) is 33.8 Å². The Hall–Kier alpha value is -0.200. The van der Waals surface area contributed by atoms with Crippen LogP contribution in [-0.2, 0) is 0 Å². The van der Waals surface area contributed by atoms with Crippen LogP contribution in [0.3, 0.4) is 0 Å². The van der Waals surface area contributed by atoms with Crippen LogP contribution >= 0.6 is 23.2 Å². The van der Waals surface area contributed by atoms with Crippen LogP contribution in [0.15, 0.2) is 18.2 Å². The molecule has 1 aromatic rings. The monoisotopic (exact) mass is 214 g/mol. The van der Waals surface area contributed by atoms with Gasteiger partial charge < -0.3 is 0 Å². The summed E-state index contributed by atoms with van der Waals surface area (Å²) >= 11 is 11.8. The summed E-state index contributed by atoms with van der Waals surface area (Å²) in [6.45, 7) is 4.56. The Kier molecular flexibility index (Phi) is 2.08. The zero-order valence-corrected chi connectivity index (χ0v) is 9.28. The van der Waals surface area contributed by atoms with Gasteiger partial charge in [-0.15, -0.1) is 0 Å².